The summed E-state index contributed by atoms with van der Waals surface area (Å²) in [5, 5.41) is 0. The summed E-state index contributed by atoms with van der Waals surface area (Å²) in [6, 6.07) is 0.747. The number of hydrogen-bond acceptors (Lipinski definition) is 4. The Morgan fingerprint density at radius 2 is 1.83 bits per heavy atom. The van der Waals surface area contributed by atoms with Gasteiger partial charge in [0.05, 0.1) is 13.2 Å². The lowest BCUT2D eigenvalue weighted by atomic mass is 10.0. The fourth-order valence-electron chi connectivity index (χ4n) is 2.87. The Bertz CT molecular complexity index is 224. The number of nitrogens with zero attached hydrogens (tertiary/aromatic N) is 2. The summed E-state index contributed by atoms with van der Waals surface area (Å²) >= 11 is 0. The Morgan fingerprint density at radius 1 is 1.17 bits per heavy atom. The molecule has 0 aromatic heterocycles. The van der Waals surface area contributed by atoms with Crippen molar-refractivity contribution in [1.82, 2.24) is 9.80 Å². The van der Waals surface area contributed by atoms with E-state index in [2.05, 4.69) is 23.8 Å². The van der Waals surface area contributed by atoms with E-state index in [1.165, 1.54) is 32.5 Å². The number of ether oxygens (including phenoxy) is 2. The molecule has 0 aromatic rings. The van der Waals surface area contributed by atoms with Gasteiger partial charge in [0.1, 0.15) is 0 Å². The summed E-state index contributed by atoms with van der Waals surface area (Å²) in [5.74, 6) is 0. The number of likely N-dealkylation sites (tertiary alicyclic amines) is 1. The highest BCUT2D eigenvalue weighted by atomic mass is 16.7. The summed E-state index contributed by atoms with van der Waals surface area (Å²) in [4.78, 5) is 5.03. The fourth-order valence-corrected chi connectivity index (χ4v) is 2.87. The third-order valence-corrected chi connectivity index (χ3v) is 4.24. The van der Waals surface area contributed by atoms with Gasteiger partial charge in [0.2, 0.25) is 0 Å². The van der Waals surface area contributed by atoms with Crippen LogP contribution in [0.2, 0.25) is 0 Å². The van der Waals surface area contributed by atoms with Crippen molar-refractivity contribution in [3.8, 4) is 0 Å². The largest absolute Gasteiger partial charge is 0.353 e. The zero-order chi connectivity index (χ0) is 12.8. The normalized spacial score (nSPS) is 24.8. The van der Waals surface area contributed by atoms with Gasteiger partial charge in [0.25, 0.3) is 0 Å². The molecule has 4 nitrogen and oxygen atoms in total. The molecule has 0 spiro atoms. The van der Waals surface area contributed by atoms with E-state index < -0.39 is 0 Å². The van der Waals surface area contributed by atoms with E-state index in [1.54, 1.807) is 0 Å². The molecule has 2 heterocycles. The summed E-state index contributed by atoms with van der Waals surface area (Å²) in [7, 11) is 2.25. The molecular formula is C14H28N2O2. The van der Waals surface area contributed by atoms with Crippen LogP contribution in [0.1, 0.15) is 32.6 Å². The number of piperidine rings is 1. The van der Waals surface area contributed by atoms with Crippen LogP contribution in [-0.2, 0) is 9.47 Å². The van der Waals surface area contributed by atoms with Gasteiger partial charge >= 0.3 is 0 Å². The molecule has 0 unspecified atom stereocenters. The van der Waals surface area contributed by atoms with E-state index >= 15 is 0 Å². The Balaban J connectivity index is 1.63. The average molecular weight is 256 g/mol. The van der Waals surface area contributed by atoms with E-state index in [1.807, 2.05) is 0 Å². The molecule has 2 fully saturated rings. The first kappa shape index (κ1) is 14.3. The topological polar surface area (TPSA) is 24.9 Å². The molecule has 0 saturated carbocycles. The van der Waals surface area contributed by atoms with Crippen molar-refractivity contribution in [2.45, 2.75) is 44.9 Å². The quantitative estimate of drug-likeness (QED) is 0.745. The van der Waals surface area contributed by atoms with Gasteiger partial charge in [-0.25, -0.2) is 0 Å². The zero-order valence-electron chi connectivity index (χ0n) is 11.9. The summed E-state index contributed by atoms with van der Waals surface area (Å²) in [6.07, 6.45) is 4.69. The average Bonchev–Trinajstić information content (AvgIpc) is 2.46. The lowest BCUT2D eigenvalue weighted by Crippen LogP contribution is -2.44. The smallest absolute Gasteiger partial charge is 0.158 e. The number of rotatable bonds is 5. The highest BCUT2D eigenvalue weighted by molar-refractivity contribution is 4.77. The van der Waals surface area contributed by atoms with Gasteiger partial charge in [-0.05, 0) is 45.9 Å². The van der Waals surface area contributed by atoms with Crippen molar-refractivity contribution < 1.29 is 9.47 Å². The Labute approximate surface area is 111 Å². The second kappa shape index (κ2) is 7.43. The minimum atomic E-state index is 0.0388. The molecule has 0 amide bonds. The predicted octanol–water partition coefficient (Wildman–Crippen LogP) is 1.56. The molecule has 0 atom stereocenters. The molecule has 0 aromatic carbocycles. The second-order valence-corrected chi connectivity index (χ2v) is 5.46. The molecular weight excluding hydrogens is 228 g/mol. The van der Waals surface area contributed by atoms with E-state index in [0.717, 1.165) is 38.6 Å². The van der Waals surface area contributed by atoms with Gasteiger partial charge in [-0.3, -0.25) is 0 Å². The molecule has 2 saturated heterocycles. The van der Waals surface area contributed by atoms with Crippen LogP contribution in [0.5, 0.6) is 0 Å². The van der Waals surface area contributed by atoms with Crippen molar-refractivity contribution in [2.75, 3.05) is 46.4 Å². The van der Waals surface area contributed by atoms with Gasteiger partial charge < -0.3 is 19.3 Å². The summed E-state index contributed by atoms with van der Waals surface area (Å²) in [6.45, 7) is 8.76. The molecule has 106 valence electrons. The summed E-state index contributed by atoms with van der Waals surface area (Å²) < 4.78 is 11.2. The molecule has 0 bridgehead atoms. The van der Waals surface area contributed by atoms with Crippen molar-refractivity contribution in [1.29, 1.82) is 0 Å². The first-order valence-corrected chi connectivity index (χ1v) is 7.45. The van der Waals surface area contributed by atoms with Crippen molar-refractivity contribution in [3.05, 3.63) is 0 Å². The first-order chi connectivity index (χ1) is 8.79. The molecule has 18 heavy (non-hydrogen) atoms. The maximum atomic E-state index is 5.59. The van der Waals surface area contributed by atoms with Gasteiger partial charge in [-0.2, -0.15) is 0 Å². The first-order valence-electron chi connectivity index (χ1n) is 7.45. The molecule has 2 aliphatic heterocycles. The van der Waals surface area contributed by atoms with Crippen LogP contribution < -0.4 is 0 Å². The minimum Gasteiger partial charge on any atom is -0.353 e. The molecule has 2 rings (SSSR count). The van der Waals surface area contributed by atoms with E-state index in [-0.39, 0.29) is 6.29 Å². The van der Waals surface area contributed by atoms with Crippen molar-refractivity contribution in [3.63, 3.8) is 0 Å². The van der Waals surface area contributed by atoms with Crippen molar-refractivity contribution in [2.24, 2.45) is 0 Å². The predicted molar refractivity (Wildman–Crippen MR) is 72.7 cm³/mol. The Morgan fingerprint density at radius 3 is 2.44 bits per heavy atom. The Hall–Kier alpha value is -0.160. The maximum Gasteiger partial charge on any atom is 0.158 e. The third-order valence-electron chi connectivity index (χ3n) is 4.24. The van der Waals surface area contributed by atoms with Crippen LogP contribution in [0.25, 0.3) is 0 Å². The second-order valence-electron chi connectivity index (χ2n) is 5.46. The molecule has 0 aliphatic carbocycles. The van der Waals surface area contributed by atoms with E-state index in [0.29, 0.717) is 0 Å². The third kappa shape index (κ3) is 4.19. The Kier molecular flexibility index (Phi) is 5.89. The van der Waals surface area contributed by atoms with E-state index in [9.17, 15) is 0 Å². The standard InChI is InChI=1S/C14H28N2O2/c1-3-16-9-5-13(6-10-16)15(2)8-7-14-17-11-4-12-18-14/h13-14H,3-12H2,1-2H3. The van der Waals surface area contributed by atoms with Crippen molar-refractivity contribution >= 4 is 0 Å². The highest BCUT2D eigenvalue weighted by Gasteiger charge is 2.22. The lowest BCUT2D eigenvalue weighted by Gasteiger charge is -2.37. The zero-order valence-corrected chi connectivity index (χ0v) is 11.9. The number of hydrogen-bond donors (Lipinski definition) is 0. The molecule has 2 aliphatic rings. The molecule has 0 N–H and O–H groups in total. The van der Waals surface area contributed by atoms with Crippen LogP contribution in [0.4, 0.5) is 0 Å². The van der Waals surface area contributed by atoms with Crippen LogP contribution in [-0.4, -0.2) is 68.6 Å². The van der Waals surface area contributed by atoms with Crippen LogP contribution >= 0.6 is 0 Å². The summed E-state index contributed by atoms with van der Waals surface area (Å²) in [5.41, 5.74) is 0. The van der Waals surface area contributed by atoms with Gasteiger partial charge in [0.15, 0.2) is 6.29 Å². The minimum absolute atomic E-state index is 0.0388. The molecule has 4 heteroatoms. The fraction of sp³-hybridized carbons (Fsp3) is 1.00. The van der Waals surface area contributed by atoms with Gasteiger partial charge in [0, 0.05) is 19.0 Å². The molecule has 0 radical (unpaired) electrons. The highest BCUT2D eigenvalue weighted by Crippen LogP contribution is 2.16. The van der Waals surface area contributed by atoms with E-state index in [4.69, 9.17) is 9.47 Å². The maximum absolute atomic E-state index is 5.59. The lowest BCUT2D eigenvalue weighted by molar-refractivity contribution is -0.183. The van der Waals surface area contributed by atoms with Gasteiger partial charge in [-0.15, -0.1) is 0 Å². The van der Waals surface area contributed by atoms with Gasteiger partial charge in [-0.1, -0.05) is 6.92 Å². The van der Waals surface area contributed by atoms with Crippen LogP contribution in [0.3, 0.4) is 0 Å². The SMILES string of the molecule is CCN1CCC(N(C)CCC2OCCCO2)CC1. The van der Waals surface area contributed by atoms with Crippen LogP contribution in [0.15, 0.2) is 0 Å². The van der Waals surface area contributed by atoms with Crippen LogP contribution in [0, 0.1) is 0 Å². The monoisotopic (exact) mass is 256 g/mol.